The first-order chi connectivity index (χ1) is 14.5. The van der Waals surface area contributed by atoms with E-state index in [0.29, 0.717) is 35.5 Å². The Balaban J connectivity index is 1.41. The summed E-state index contributed by atoms with van der Waals surface area (Å²) in [6.45, 7) is 2.79. The number of benzene rings is 3. The minimum absolute atomic E-state index is 0.0228. The highest BCUT2D eigenvalue weighted by molar-refractivity contribution is 6.05. The lowest BCUT2D eigenvalue weighted by Gasteiger charge is -2.29. The number of fused-ring (bicyclic) bond motifs is 1. The van der Waals surface area contributed by atoms with Crippen molar-refractivity contribution in [3.63, 3.8) is 0 Å². The Labute approximate surface area is 175 Å². The quantitative estimate of drug-likeness (QED) is 0.665. The second-order valence-corrected chi connectivity index (χ2v) is 7.41. The van der Waals surface area contributed by atoms with E-state index in [4.69, 9.17) is 0 Å². The van der Waals surface area contributed by atoms with Crippen LogP contribution in [0.15, 0.2) is 72.8 Å². The summed E-state index contributed by atoms with van der Waals surface area (Å²) in [4.78, 5) is 38.5. The molecule has 2 amide bonds. The summed E-state index contributed by atoms with van der Waals surface area (Å²) in [5.41, 5.74) is 4.71. The number of hydrogen-bond donors (Lipinski definition) is 1. The van der Waals surface area contributed by atoms with Crippen molar-refractivity contribution in [2.45, 2.75) is 19.9 Å². The van der Waals surface area contributed by atoms with Crippen LogP contribution in [0.2, 0.25) is 0 Å². The van der Waals surface area contributed by atoms with Gasteiger partial charge in [0.15, 0.2) is 5.78 Å². The van der Waals surface area contributed by atoms with Gasteiger partial charge in [0.05, 0.1) is 0 Å². The zero-order valence-electron chi connectivity index (χ0n) is 16.7. The van der Waals surface area contributed by atoms with Gasteiger partial charge in [-0.25, -0.2) is 0 Å². The van der Waals surface area contributed by atoms with Crippen molar-refractivity contribution >= 4 is 23.3 Å². The van der Waals surface area contributed by atoms with Gasteiger partial charge in [0.2, 0.25) is 0 Å². The number of rotatable bonds is 4. The van der Waals surface area contributed by atoms with Crippen molar-refractivity contribution in [2.24, 2.45) is 0 Å². The second-order valence-electron chi connectivity index (χ2n) is 7.41. The molecule has 1 N–H and O–H groups in total. The third-order valence-electron chi connectivity index (χ3n) is 5.36. The fourth-order valence-corrected chi connectivity index (χ4v) is 3.61. The topological polar surface area (TPSA) is 66.5 Å². The van der Waals surface area contributed by atoms with Crippen LogP contribution in [-0.2, 0) is 13.0 Å². The molecule has 150 valence electrons. The van der Waals surface area contributed by atoms with Gasteiger partial charge in [-0.2, -0.15) is 0 Å². The van der Waals surface area contributed by atoms with Gasteiger partial charge in [-0.15, -0.1) is 0 Å². The number of carbonyl (C=O) groups excluding carboxylic acids is 3. The Morgan fingerprint density at radius 3 is 2.03 bits per heavy atom. The highest BCUT2D eigenvalue weighted by Crippen LogP contribution is 2.20. The average Bonchev–Trinajstić information content (AvgIpc) is 2.78. The van der Waals surface area contributed by atoms with E-state index >= 15 is 0 Å². The molecule has 0 fully saturated rings. The zero-order valence-corrected chi connectivity index (χ0v) is 16.7. The van der Waals surface area contributed by atoms with Crippen LogP contribution < -0.4 is 5.32 Å². The molecule has 1 aliphatic rings. The monoisotopic (exact) mass is 398 g/mol. The minimum atomic E-state index is -0.267. The van der Waals surface area contributed by atoms with Crippen LogP contribution in [0, 0.1) is 0 Å². The van der Waals surface area contributed by atoms with E-state index in [1.807, 2.05) is 17.0 Å². The Hall–Kier alpha value is -3.73. The smallest absolute Gasteiger partial charge is 0.255 e. The molecule has 3 aromatic rings. The average molecular weight is 398 g/mol. The number of carbonyl (C=O) groups is 3. The van der Waals surface area contributed by atoms with Crippen LogP contribution in [0.25, 0.3) is 0 Å². The first kappa shape index (κ1) is 19.6. The summed E-state index contributed by atoms with van der Waals surface area (Å²) in [5, 5.41) is 2.80. The van der Waals surface area contributed by atoms with E-state index in [0.717, 1.165) is 6.42 Å². The van der Waals surface area contributed by atoms with Crippen molar-refractivity contribution in [2.75, 3.05) is 11.9 Å². The Morgan fingerprint density at radius 2 is 1.37 bits per heavy atom. The second kappa shape index (κ2) is 8.33. The van der Waals surface area contributed by atoms with Gasteiger partial charge < -0.3 is 10.2 Å². The number of nitrogens with zero attached hydrogens (tertiary/aromatic N) is 1. The lowest BCUT2D eigenvalue weighted by Crippen LogP contribution is -2.35. The van der Waals surface area contributed by atoms with Gasteiger partial charge >= 0.3 is 0 Å². The van der Waals surface area contributed by atoms with Crippen LogP contribution in [0.5, 0.6) is 0 Å². The zero-order chi connectivity index (χ0) is 21.1. The summed E-state index contributed by atoms with van der Waals surface area (Å²) in [7, 11) is 0. The molecule has 3 aromatic carbocycles. The number of Topliss-reactive ketones (excluding diaryl/α,β-unsaturated/α-hetero) is 1. The maximum atomic E-state index is 12.9. The van der Waals surface area contributed by atoms with E-state index in [2.05, 4.69) is 17.4 Å². The van der Waals surface area contributed by atoms with Crippen LogP contribution in [0.1, 0.15) is 49.1 Å². The van der Waals surface area contributed by atoms with Gasteiger partial charge in [-0.1, -0.05) is 24.3 Å². The predicted molar refractivity (Wildman–Crippen MR) is 116 cm³/mol. The molecule has 5 heteroatoms. The van der Waals surface area contributed by atoms with E-state index in [1.165, 1.54) is 18.1 Å². The standard InChI is InChI=1S/C25H22N2O3/c1-17(28)18-10-12-23(13-11-18)26-24(29)20-6-8-21(9-7-20)25(30)27-15-14-19-4-2-3-5-22(19)16-27/h2-13H,14-16H2,1H3,(H,26,29). The van der Waals surface area contributed by atoms with Crippen LogP contribution in [0.4, 0.5) is 5.69 Å². The summed E-state index contributed by atoms with van der Waals surface area (Å²) < 4.78 is 0. The van der Waals surface area contributed by atoms with Gasteiger partial charge in [0.25, 0.3) is 11.8 Å². The molecule has 0 atom stereocenters. The maximum Gasteiger partial charge on any atom is 0.255 e. The molecule has 5 nitrogen and oxygen atoms in total. The largest absolute Gasteiger partial charge is 0.334 e. The van der Waals surface area contributed by atoms with Crippen LogP contribution in [-0.4, -0.2) is 29.0 Å². The van der Waals surface area contributed by atoms with Crippen molar-refractivity contribution in [1.29, 1.82) is 0 Å². The molecule has 0 unspecified atom stereocenters. The Morgan fingerprint density at radius 1 is 0.767 bits per heavy atom. The third kappa shape index (κ3) is 4.15. The number of nitrogens with one attached hydrogen (secondary N) is 1. The van der Waals surface area contributed by atoms with Gasteiger partial charge in [0, 0.05) is 35.5 Å². The number of hydrogen-bond acceptors (Lipinski definition) is 3. The molecular formula is C25H22N2O3. The maximum absolute atomic E-state index is 12.9. The first-order valence-electron chi connectivity index (χ1n) is 9.90. The highest BCUT2D eigenvalue weighted by atomic mass is 16.2. The Kier molecular flexibility index (Phi) is 5.44. The van der Waals surface area contributed by atoms with Gasteiger partial charge in [0.1, 0.15) is 0 Å². The summed E-state index contributed by atoms with van der Waals surface area (Å²) >= 11 is 0. The molecule has 0 spiro atoms. The number of amides is 2. The van der Waals surface area contributed by atoms with Crippen molar-refractivity contribution in [1.82, 2.24) is 4.90 Å². The summed E-state index contributed by atoms with van der Waals surface area (Å²) in [5.74, 6) is -0.321. The SMILES string of the molecule is CC(=O)c1ccc(NC(=O)c2ccc(C(=O)N3CCc4ccccc4C3)cc2)cc1. The molecular weight excluding hydrogens is 376 g/mol. The fraction of sp³-hybridized carbons (Fsp3) is 0.160. The molecule has 0 aliphatic carbocycles. The van der Waals surface area contributed by atoms with Crippen molar-refractivity contribution < 1.29 is 14.4 Å². The van der Waals surface area contributed by atoms with Crippen molar-refractivity contribution in [3.05, 3.63) is 101 Å². The molecule has 0 bridgehead atoms. The van der Waals surface area contributed by atoms with E-state index < -0.39 is 0 Å². The molecule has 0 aromatic heterocycles. The lowest BCUT2D eigenvalue weighted by atomic mass is 9.99. The third-order valence-corrected chi connectivity index (χ3v) is 5.36. The number of anilines is 1. The molecule has 0 radical (unpaired) electrons. The molecule has 0 saturated heterocycles. The summed E-state index contributed by atoms with van der Waals surface area (Å²) in [6, 6.07) is 21.6. The van der Waals surface area contributed by atoms with Crippen LogP contribution in [0.3, 0.4) is 0 Å². The summed E-state index contributed by atoms with van der Waals surface area (Å²) in [6.07, 6.45) is 0.852. The molecule has 0 saturated carbocycles. The lowest BCUT2D eigenvalue weighted by molar-refractivity contribution is 0.0734. The van der Waals surface area contributed by atoms with E-state index in [9.17, 15) is 14.4 Å². The predicted octanol–water partition coefficient (Wildman–Crippen LogP) is 4.34. The molecule has 1 aliphatic heterocycles. The first-order valence-corrected chi connectivity index (χ1v) is 9.90. The van der Waals surface area contributed by atoms with E-state index in [-0.39, 0.29) is 17.6 Å². The van der Waals surface area contributed by atoms with Gasteiger partial charge in [-0.05, 0) is 73.0 Å². The Bertz CT molecular complexity index is 1100. The molecule has 30 heavy (non-hydrogen) atoms. The van der Waals surface area contributed by atoms with Crippen molar-refractivity contribution in [3.8, 4) is 0 Å². The van der Waals surface area contributed by atoms with Crippen LogP contribution >= 0.6 is 0 Å². The highest BCUT2D eigenvalue weighted by Gasteiger charge is 2.21. The minimum Gasteiger partial charge on any atom is -0.334 e. The van der Waals surface area contributed by atoms with E-state index in [1.54, 1.807) is 48.5 Å². The number of ketones is 1. The molecule has 4 rings (SSSR count). The van der Waals surface area contributed by atoms with Gasteiger partial charge in [-0.3, -0.25) is 14.4 Å². The normalized spacial score (nSPS) is 12.8. The fourth-order valence-electron chi connectivity index (χ4n) is 3.61. The molecule has 1 heterocycles.